The maximum atomic E-state index is 11.2. The molecule has 4 aromatic rings. The van der Waals surface area contributed by atoms with Crippen molar-refractivity contribution in [3.8, 4) is 23.0 Å². The van der Waals surface area contributed by atoms with E-state index in [1.807, 2.05) is 66.9 Å². The largest absolute Gasteiger partial charge is 2.00 e. The number of phenols is 2. The molecule has 0 aliphatic carbocycles. The van der Waals surface area contributed by atoms with Crippen molar-refractivity contribution in [3.05, 3.63) is 107 Å². The van der Waals surface area contributed by atoms with Crippen molar-refractivity contribution in [1.82, 2.24) is 0 Å². The van der Waals surface area contributed by atoms with E-state index in [9.17, 15) is 19.8 Å². The first-order valence-electron chi connectivity index (χ1n) is 14.8. The van der Waals surface area contributed by atoms with E-state index in [-0.39, 0.29) is 31.5 Å². The first kappa shape index (κ1) is 40.0. The maximum Gasteiger partial charge on any atom is 2.00 e. The van der Waals surface area contributed by atoms with Gasteiger partial charge in [0.25, 0.3) is 0 Å². The van der Waals surface area contributed by atoms with E-state index in [0.717, 1.165) is 36.3 Å². The molecule has 0 atom stereocenters. The zero-order valence-corrected chi connectivity index (χ0v) is 27.9. The van der Waals surface area contributed by atoms with Gasteiger partial charge in [-0.2, -0.15) is 0 Å². The third kappa shape index (κ3) is 12.7. The Labute approximate surface area is 288 Å². The number of rotatable bonds is 10. The van der Waals surface area contributed by atoms with Crippen LogP contribution in [-0.4, -0.2) is 44.3 Å². The summed E-state index contributed by atoms with van der Waals surface area (Å²) in [6, 6.07) is 25.3. The molecule has 0 bridgehead atoms. The van der Waals surface area contributed by atoms with Crippen LogP contribution in [-0.2, 0) is 33.3 Å². The number of unbranched alkanes of at least 4 members (excludes halogenated alkanes) is 1. The van der Waals surface area contributed by atoms with Gasteiger partial charge in [-0.05, 0) is 73.2 Å². The minimum absolute atomic E-state index is 0. The average molecular weight is 733 g/mol. The molecule has 0 saturated carbocycles. The Morgan fingerprint density at radius 1 is 0.681 bits per heavy atom. The molecule has 0 saturated heterocycles. The fourth-order valence-corrected chi connectivity index (χ4v) is 4.12. The van der Waals surface area contributed by atoms with Gasteiger partial charge in [-0.3, -0.25) is 9.98 Å². The number of nitrogens with zero attached hydrogens (tertiary/aromatic N) is 2. The molecular formula is C36H38N2O8Pd. The molecule has 11 heteroatoms. The predicted molar refractivity (Wildman–Crippen MR) is 175 cm³/mol. The number of aryl methyl sites for hydroxylation is 2. The topological polar surface area (TPSA) is 186 Å². The number of hydrogen-bond acceptors (Lipinski definition) is 8. The van der Waals surface area contributed by atoms with Crippen molar-refractivity contribution in [1.29, 1.82) is 0 Å². The number of carbonyl (C=O) groups is 2. The summed E-state index contributed by atoms with van der Waals surface area (Å²) in [4.78, 5) is 30.5. The molecule has 0 heterocycles. The minimum Gasteiger partial charge on any atom is -0.869 e. The maximum absolute atomic E-state index is 11.2. The summed E-state index contributed by atoms with van der Waals surface area (Å²) in [6.45, 7) is 5.69. The molecule has 0 amide bonds. The molecule has 4 aromatic carbocycles. The molecule has 0 radical (unpaired) electrons. The van der Waals surface area contributed by atoms with Crippen LogP contribution in [0.15, 0.2) is 94.9 Å². The second-order valence-corrected chi connectivity index (χ2v) is 9.85. The predicted octanol–water partition coefficient (Wildman–Crippen LogP) is 6.80. The smallest absolute Gasteiger partial charge is 0.869 e. The van der Waals surface area contributed by atoms with Crippen molar-refractivity contribution in [3.63, 3.8) is 0 Å². The van der Waals surface area contributed by atoms with Crippen LogP contribution in [0.4, 0.5) is 11.4 Å². The molecule has 0 unspecified atom stereocenters. The molecule has 10 nitrogen and oxygen atoms in total. The summed E-state index contributed by atoms with van der Waals surface area (Å²) in [6.07, 6.45) is 6.05. The summed E-state index contributed by atoms with van der Waals surface area (Å²) < 4.78 is 0. The van der Waals surface area contributed by atoms with Crippen LogP contribution in [0.1, 0.15) is 71.9 Å². The van der Waals surface area contributed by atoms with Crippen LogP contribution in [0.3, 0.4) is 0 Å². The van der Waals surface area contributed by atoms with E-state index in [1.54, 1.807) is 13.8 Å². The summed E-state index contributed by atoms with van der Waals surface area (Å²) in [5, 5.41) is 57.7. The molecule has 4 N–H and O–H groups in total. The third-order valence-corrected chi connectivity index (χ3v) is 6.57. The number of carboxylic acid groups (broad SMARTS) is 2. The number of carboxylic acids is 2. The van der Waals surface area contributed by atoms with Gasteiger partial charge >= 0.3 is 32.4 Å². The number of para-hydroxylation sites is 2. The average Bonchev–Trinajstić information content (AvgIpc) is 3.05. The van der Waals surface area contributed by atoms with Gasteiger partial charge in [0.05, 0.1) is 28.2 Å². The molecule has 0 aromatic heterocycles. The first-order valence-corrected chi connectivity index (χ1v) is 14.8. The molecule has 0 aliphatic heterocycles. The Morgan fingerprint density at radius 2 is 1.11 bits per heavy atom. The van der Waals surface area contributed by atoms with E-state index in [0.29, 0.717) is 24.0 Å². The van der Waals surface area contributed by atoms with Crippen molar-refractivity contribution in [2.24, 2.45) is 9.98 Å². The second-order valence-electron chi connectivity index (χ2n) is 9.85. The molecule has 0 fully saturated rings. The van der Waals surface area contributed by atoms with E-state index in [4.69, 9.17) is 20.4 Å². The Hall–Kier alpha value is -4.98. The number of aromatic carboxylic acids is 2. The van der Waals surface area contributed by atoms with Gasteiger partial charge in [0, 0.05) is 6.21 Å². The molecule has 0 aliphatic rings. The quantitative estimate of drug-likeness (QED) is 0.101. The van der Waals surface area contributed by atoms with Crippen LogP contribution in [0, 0.1) is 0 Å². The Morgan fingerprint density at radius 3 is 1.49 bits per heavy atom. The van der Waals surface area contributed by atoms with Gasteiger partial charge in [-0.25, -0.2) is 9.59 Å². The summed E-state index contributed by atoms with van der Waals surface area (Å²) in [5.41, 5.74) is 3.19. The van der Waals surface area contributed by atoms with Crippen molar-refractivity contribution >= 4 is 35.2 Å². The number of phenolic OH excluding ortho intramolecular Hbond substituents is 2. The SMILES string of the molecule is CCCCC(C=Nc1ccccc1)=Nc1ccccc1.CCc1ccc(O)c([O-])c1C(=O)O.CCc1ccc(O)c([O-])c1C(=O)O.[Pd+2]. The molecule has 250 valence electrons. The summed E-state index contributed by atoms with van der Waals surface area (Å²) >= 11 is 0. The third-order valence-electron chi connectivity index (χ3n) is 6.57. The standard InChI is InChI=1S/C18H20N2.2C9H10O4.Pd/c1-2-3-10-18(20-17-13-8-5-9-14-17)15-19-16-11-6-4-7-12-16;2*1-2-5-3-4-6(10)8(11)7(5)9(12)13;/h4-9,11-15H,2-3,10H2,1H3;2*3-4,10-11H,2H2,1H3,(H,12,13);/q;;;+2/p-2. The molecule has 0 spiro atoms. The van der Waals surface area contributed by atoms with Crippen LogP contribution >= 0.6 is 0 Å². The van der Waals surface area contributed by atoms with E-state index in [2.05, 4.69) is 16.9 Å². The van der Waals surface area contributed by atoms with E-state index >= 15 is 0 Å². The Kier molecular flexibility index (Phi) is 17.8. The monoisotopic (exact) mass is 732 g/mol. The van der Waals surface area contributed by atoms with E-state index in [1.165, 1.54) is 24.3 Å². The summed E-state index contributed by atoms with van der Waals surface area (Å²) in [7, 11) is 0. The van der Waals surface area contributed by atoms with Gasteiger partial charge in [0.1, 0.15) is 11.5 Å². The number of aromatic hydroxyl groups is 2. The number of aliphatic imine (C=N–C) groups is 2. The van der Waals surface area contributed by atoms with E-state index < -0.39 is 34.9 Å². The fraction of sp³-hybridized carbons (Fsp3) is 0.222. The van der Waals surface area contributed by atoms with Crippen LogP contribution in [0.2, 0.25) is 0 Å². The Bertz CT molecular complexity index is 1570. The minimum atomic E-state index is -1.29. The Balaban J connectivity index is 0.000000362. The fourth-order valence-electron chi connectivity index (χ4n) is 4.12. The van der Waals surface area contributed by atoms with Crippen LogP contribution in [0.5, 0.6) is 23.0 Å². The van der Waals surface area contributed by atoms with Gasteiger partial charge < -0.3 is 30.6 Å². The van der Waals surface area contributed by atoms with Gasteiger partial charge in [0.15, 0.2) is 0 Å². The van der Waals surface area contributed by atoms with Crippen molar-refractivity contribution < 1.29 is 60.7 Å². The summed E-state index contributed by atoms with van der Waals surface area (Å²) in [5.74, 6) is -5.25. The van der Waals surface area contributed by atoms with Crippen molar-refractivity contribution in [2.75, 3.05) is 0 Å². The normalized spacial score (nSPS) is 10.6. The number of hydrogen-bond donors (Lipinski definition) is 4. The molecule has 47 heavy (non-hydrogen) atoms. The molecular weight excluding hydrogens is 695 g/mol. The second kappa shape index (κ2) is 20.9. The zero-order valence-electron chi connectivity index (χ0n) is 26.3. The van der Waals surface area contributed by atoms with Gasteiger partial charge in [0.2, 0.25) is 0 Å². The van der Waals surface area contributed by atoms with Crippen molar-refractivity contribution in [2.45, 2.75) is 52.9 Å². The molecule has 4 rings (SSSR count). The van der Waals surface area contributed by atoms with Crippen LogP contribution < -0.4 is 10.2 Å². The first-order chi connectivity index (χ1) is 22.0. The zero-order chi connectivity index (χ0) is 34.1. The van der Waals surface area contributed by atoms with Crippen LogP contribution in [0.25, 0.3) is 0 Å². The van der Waals surface area contributed by atoms with Gasteiger partial charge in [-0.1, -0.05) is 87.2 Å². The number of benzene rings is 4. The van der Waals surface area contributed by atoms with Gasteiger partial charge in [-0.15, -0.1) is 0 Å².